The monoisotopic (exact) mass is 389 g/mol. The molecule has 0 fully saturated rings. The van der Waals surface area contributed by atoms with Gasteiger partial charge in [0.2, 0.25) is 0 Å². The molecule has 0 aromatic heterocycles. The number of unbranched alkanes of at least 4 members (excludes halogenated alkanes) is 7. The molecule has 0 aliphatic carbocycles. The average Bonchev–Trinajstić information content (AvgIpc) is 3.11. The van der Waals surface area contributed by atoms with Gasteiger partial charge in [-0.2, -0.15) is 0 Å². The maximum atomic E-state index is 4.67. The minimum Gasteiger partial charge on any atom is -0.348 e. The summed E-state index contributed by atoms with van der Waals surface area (Å²) in [6.45, 7) is 7.59. The third-order valence-electron chi connectivity index (χ3n) is 5.69. The molecule has 154 valence electrons. The number of rotatable bonds is 10. The van der Waals surface area contributed by atoms with Crippen LogP contribution in [-0.4, -0.2) is 11.4 Å². The van der Waals surface area contributed by atoms with Crippen molar-refractivity contribution in [3.05, 3.63) is 82.1 Å². The van der Waals surface area contributed by atoms with E-state index in [0.29, 0.717) is 0 Å². The van der Waals surface area contributed by atoms with Crippen molar-refractivity contribution in [3.8, 4) is 0 Å². The standard InChI is InChI=1S/C26H35N3/c1-4-5-6-7-8-9-10-12-17-29-18-13-11-14-23(29)15-16-26-27-24-19-21(2)22(3)20-25(24)28-26/h11,13-16,18-20H,4-10,12,17H2,1-3H3/b23-15+. The maximum absolute atomic E-state index is 4.67. The second-order valence-corrected chi connectivity index (χ2v) is 8.13. The largest absolute Gasteiger partial charge is 0.348 e. The van der Waals surface area contributed by atoms with E-state index in [1.807, 2.05) is 6.08 Å². The van der Waals surface area contributed by atoms with E-state index < -0.39 is 0 Å². The molecule has 3 nitrogen and oxygen atoms in total. The van der Waals surface area contributed by atoms with Crippen molar-refractivity contribution in [2.75, 3.05) is 6.54 Å². The fraction of sp³-hybridized carbons (Fsp3) is 0.462. The molecular formula is C26H35N3. The van der Waals surface area contributed by atoms with Gasteiger partial charge in [0.25, 0.3) is 0 Å². The van der Waals surface area contributed by atoms with E-state index >= 15 is 0 Å². The van der Waals surface area contributed by atoms with Crippen LogP contribution in [0.3, 0.4) is 0 Å². The van der Waals surface area contributed by atoms with Crippen LogP contribution in [-0.2, 0) is 0 Å². The van der Waals surface area contributed by atoms with Gasteiger partial charge in [-0.3, -0.25) is 0 Å². The Balaban J connectivity index is 1.54. The smallest absolute Gasteiger partial charge is 0.153 e. The molecule has 0 radical (unpaired) electrons. The first-order valence-corrected chi connectivity index (χ1v) is 11.3. The first-order valence-electron chi connectivity index (χ1n) is 11.3. The zero-order valence-corrected chi connectivity index (χ0v) is 18.3. The second-order valence-electron chi connectivity index (χ2n) is 8.13. The predicted octanol–water partition coefficient (Wildman–Crippen LogP) is 5.81. The molecule has 3 rings (SSSR count). The predicted molar refractivity (Wildman–Crippen MR) is 122 cm³/mol. The lowest BCUT2D eigenvalue weighted by Crippen LogP contribution is -2.22. The molecule has 2 heterocycles. The summed E-state index contributed by atoms with van der Waals surface area (Å²) in [7, 11) is 0. The van der Waals surface area contributed by atoms with Gasteiger partial charge in [-0.15, -0.1) is 0 Å². The molecule has 2 aliphatic rings. The van der Waals surface area contributed by atoms with E-state index in [1.54, 1.807) is 0 Å². The van der Waals surface area contributed by atoms with Gasteiger partial charge in [0.05, 0.1) is 10.7 Å². The highest BCUT2D eigenvalue weighted by Crippen LogP contribution is 2.16. The SMILES string of the molecule is CCCCCCCCCCN1C=CC=C/C1=C\C=C1N=c2cc(C)c(C)cc2=N1. The molecule has 1 aromatic rings. The van der Waals surface area contributed by atoms with Crippen molar-refractivity contribution in [2.24, 2.45) is 9.98 Å². The van der Waals surface area contributed by atoms with Crippen LogP contribution in [0.1, 0.15) is 69.4 Å². The first kappa shape index (κ1) is 21.3. The molecule has 0 bridgehead atoms. The summed E-state index contributed by atoms with van der Waals surface area (Å²) in [6, 6.07) is 4.25. The fourth-order valence-electron chi connectivity index (χ4n) is 3.73. The van der Waals surface area contributed by atoms with Gasteiger partial charge in [-0.25, -0.2) is 9.98 Å². The van der Waals surface area contributed by atoms with E-state index in [4.69, 9.17) is 0 Å². The van der Waals surface area contributed by atoms with Crippen molar-refractivity contribution in [1.29, 1.82) is 0 Å². The minimum atomic E-state index is 0.785. The summed E-state index contributed by atoms with van der Waals surface area (Å²) < 4.78 is 0. The van der Waals surface area contributed by atoms with Crippen molar-refractivity contribution in [3.63, 3.8) is 0 Å². The lowest BCUT2D eigenvalue weighted by atomic mass is 10.1. The number of nitrogens with zero attached hydrogens (tertiary/aromatic N) is 3. The first-order chi connectivity index (χ1) is 14.2. The minimum absolute atomic E-state index is 0.785. The molecule has 2 aliphatic heterocycles. The number of fused-ring (bicyclic) bond motifs is 1. The van der Waals surface area contributed by atoms with Gasteiger partial charge in [0.15, 0.2) is 5.82 Å². The summed E-state index contributed by atoms with van der Waals surface area (Å²) >= 11 is 0. The lowest BCUT2D eigenvalue weighted by Gasteiger charge is -2.23. The van der Waals surface area contributed by atoms with Gasteiger partial charge in [0, 0.05) is 18.4 Å². The zero-order chi connectivity index (χ0) is 20.5. The van der Waals surface area contributed by atoms with Crippen LogP contribution in [0, 0.1) is 13.8 Å². The van der Waals surface area contributed by atoms with Gasteiger partial charge < -0.3 is 4.90 Å². The highest BCUT2D eigenvalue weighted by atomic mass is 15.1. The van der Waals surface area contributed by atoms with Crippen LogP contribution in [0.15, 0.2) is 70.2 Å². The Bertz CT molecular complexity index is 888. The Labute approximate surface area is 176 Å². The number of allylic oxidation sites excluding steroid dienone is 5. The molecule has 0 N–H and O–H groups in total. The van der Waals surface area contributed by atoms with Crippen LogP contribution < -0.4 is 10.7 Å². The molecule has 29 heavy (non-hydrogen) atoms. The van der Waals surface area contributed by atoms with Crippen LogP contribution >= 0.6 is 0 Å². The Hall–Kier alpha value is -2.42. The number of benzene rings is 1. The Kier molecular flexibility index (Phi) is 8.03. The van der Waals surface area contributed by atoms with Crippen LogP contribution in [0.2, 0.25) is 0 Å². The van der Waals surface area contributed by atoms with Crippen molar-refractivity contribution >= 4 is 0 Å². The van der Waals surface area contributed by atoms with E-state index in [9.17, 15) is 0 Å². The normalized spacial score (nSPS) is 16.2. The quantitative estimate of drug-likeness (QED) is 0.464. The van der Waals surface area contributed by atoms with E-state index in [-0.39, 0.29) is 0 Å². The van der Waals surface area contributed by atoms with Crippen LogP contribution in [0.5, 0.6) is 0 Å². The molecule has 0 amide bonds. The maximum Gasteiger partial charge on any atom is 0.153 e. The van der Waals surface area contributed by atoms with E-state index in [2.05, 4.69) is 78.3 Å². The average molecular weight is 390 g/mol. The summed E-state index contributed by atoms with van der Waals surface area (Å²) in [5.74, 6) is 0.785. The summed E-state index contributed by atoms with van der Waals surface area (Å²) in [6.07, 6.45) is 23.5. The van der Waals surface area contributed by atoms with Crippen molar-refractivity contribution in [1.82, 2.24) is 4.90 Å². The van der Waals surface area contributed by atoms with Crippen molar-refractivity contribution in [2.45, 2.75) is 72.1 Å². The number of hydrogen-bond acceptors (Lipinski definition) is 3. The molecule has 1 aromatic carbocycles. The lowest BCUT2D eigenvalue weighted by molar-refractivity contribution is 0.443. The van der Waals surface area contributed by atoms with Gasteiger partial charge in [0.1, 0.15) is 0 Å². The summed E-state index contributed by atoms with van der Waals surface area (Å²) in [5.41, 5.74) is 3.73. The Morgan fingerprint density at radius 1 is 0.793 bits per heavy atom. The third-order valence-corrected chi connectivity index (χ3v) is 5.69. The van der Waals surface area contributed by atoms with Gasteiger partial charge >= 0.3 is 0 Å². The topological polar surface area (TPSA) is 28.0 Å². The van der Waals surface area contributed by atoms with Gasteiger partial charge in [-0.05, 0) is 67.8 Å². The highest BCUT2D eigenvalue weighted by Gasteiger charge is 2.07. The summed E-state index contributed by atoms with van der Waals surface area (Å²) in [4.78, 5) is 11.7. The van der Waals surface area contributed by atoms with Gasteiger partial charge in [-0.1, -0.05) is 57.9 Å². The van der Waals surface area contributed by atoms with Crippen molar-refractivity contribution < 1.29 is 0 Å². The highest BCUT2D eigenvalue weighted by molar-refractivity contribution is 5.33. The van der Waals surface area contributed by atoms with Crippen LogP contribution in [0.4, 0.5) is 0 Å². The summed E-state index contributed by atoms with van der Waals surface area (Å²) in [5, 5.41) is 1.96. The Morgan fingerprint density at radius 2 is 1.41 bits per heavy atom. The van der Waals surface area contributed by atoms with Crippen LogP contribution in [0.25, 0.3) is 0 Å². The molecular weight excluding hydrogens is 354 g/mol. The second kappa shape index (κ2) is 10.9. The molecule has 0 unspecified atom stereocenters. The fourth-order valence-corrected chi connectivity index (χ4v) is 3.73. The third kappa shape index (κ3) is 6.28. The number of aryl methyl sites for hydroxylation is 2. The van der Waals surface area contributed by atoms with E-state index in [1.165, 1.54) is 68.2 Å². The molecule has 0 spiro atoms. The molecule has 0 atom stereocenters. The molecule has 3 heteroatoms. The zero-order valence-electron chi connectivity index (χ0n) is 18.3. The Morgan fingerprint density at radius 3 is 2.07 bits per heavy atom. The molecule has 0 saturated carbocycles. The van der Waals surface area contributed by atoms with E-state index in [0.717, 1.165) is 23.1 Å². The molecule has 0 saturated heterocycles. The number of hydrogen-bond donors (Lipinski definition) is 0.